The van der Waals surface area contributed by atoms with Crippen molar-refractivity contribution in [1.29, 1.82) is 0 Å². The lowest BCUT2D eigenvalue weighted by Crippen LogP contribution is -2.17. The highest BCUT2D eigenvalue weighted by molar-refractivity contribution is 7.90. The monoisotopic (exact) mass is 326 g/mol. The maximum Gasteiger partial charge on any atom is 0.335 e. The molecule has 0 bridgehead atoms. The molecule has 1 saturated carbocycles. The van der Waals surface area contributed by atoms with Crippen molar-refractivity contribution in [3.63, 3.8) is 0 Å². The Morgan fingerprint density at radius 3 is 2.62 bits per heavy atom. The second-order valence-corrected chi connectivity index (χ2v) is 7.39. The molecule has 0 atom stereocenters. The summed E-state index contributed by atoms with van der Waals surface area (Å²) in [6.07, 6.45) is 4.07. The molecule has 0 amide bonds. The van der Waals surface area contributed by atoms with E-state index in [2.05, 4.69) is 5.10 Å². The first-order chi connectivity index (χ1) is 9.88. The topological polar surface area (TPSA) is 89.3 Å². The molecular weight excluding hydrogens is 316 g/mol. The van der Waals surface area contributed by atoms with Gasteiger partial charge in [-0.25, -0.2) is 13.2 Å². The lowest BCUT2D eigenvalue weighted by molar-refractivity contribution is 0.0697. The number of benzene rings is 1. The Morgan fingerprint density at radius 2 is 2.00 bits per heavy atom. The summed E-state index contributed by atoms with van der Waals surface area (Å²) in [4.78, 5) is 11.0. The Bertz CT molecular complexity index is 824. The molecule has 3 rings (SSSR count). The van der Waals surface area contributed by atoms with Crippen molar-refractivity contribution in [2.45, 2.75) is 18.1 Å². The summed E-state index contributed by atoms with van der Waals surface area (Å²) >= 11 is 5.89. The van der Waals surface area contributed by atoms with Gasteiger partial charge in [-0.05, 0) is 36.6 Å². The van der Waals surface area contributed by atoms with Crippen LogP contribution in [0.2, 0.25) is 5.02 Å². The van der Waals surface area contributed by atoms with E-state index in [9.17, 15) is 13.2 Å². The van der Waals surface area contributed by atoms with Crippen molar-refractivity contribution in [3.8, 4) is 11.1 Å². The minimum absolute atomic E-state index is 0.0373. The molecule has 0 aliphatic heterocycles. The Morgan fingerprint density at radius 1 is 1.29 bits per heavy atom. The predicted molar refractivity (Wildman–Crippen MR) is 77.0 cm³/mol. The van der Waals surface area contributed by atoms with Crippen LogP contribution in [0, 0.1) is 0 Å². The Hall–Kier alpha value is -1.86. The zero-order valence-corrected chi connectivity index (χ0v) is 12.3. The van der Waals surface area contributed by atoms with Crippen molar-refractivity contribution in [1.82, 2.24) is 9.19 Å². The highest BCUT2D eigenvalue weighted by Crippen LogP contribution is 2.31. The number of halogens is 1. The minimum Gasteiger partial charge on any atom is -0.478 e. The zero-order chi connectivity index (χ0) is 15.2. The molecule has 21 heavy (non-hydrogen) atoms. The molecule has 0 unspecified atom stereocenters. The highest BCUT2D eigenvalue weighted by Gasteiger charge is 2.37. The molecule has 0 spiro atoms. The Balaban J connectivity index is 2.02. The Labute approximate surface area is 126 Å². The summed E-state index contributed by atoms with van der Waals surface area (Å²) < 4.78 is 25.1. The first-order valence-electron chi connectivity index (χ1n) is 6.21. The molecule has 2 aromatic rings. The van der Waals surface area contributed by atoms with E-state index in [0.29, 0.717) is 24.0 Å². The number of carboxylic acid groups (broad SMARTS) is 1. The fourth-order valence-electron chi connectivity index (χ4n) is 1.99. The fraction of sp³-hybridized carbons (Fsp3) is 0.231. The maximum absolute atomic E-state index is 12.1. The van der Waals surface area contributed by atoms with Crippen molar-refractivity contribution in [2.75, 3.05) is 0 Å². The van der Waals surface area contributed by atoms with Gasteiger partial charge in [0.1, 0.15) is 0 Å². The molecule has 1 aromatic carbocycles. The average molecular weight is 327 g/mol. The van der Waals surface area contributed by atoms with Gasteiger partial charge in [-0.2, -0.15) is 9.19 Å². The summed E-state index contributed by atoms with van der Waals surface area (Å²) in [6, 6.07) is 4.33. The number of hydrogen-bond donors (Lipinski definition) is 1. The average Bonchev–Trinajstić information content (AvgIpc) is 3.16. The van der Waals surface area contributed by atoms with Gasteiger partial charge in [0.05, 0.1) is 23.2 Å². The molecule has 1 aliphatic carbocycles. The van der Waals surface area contributed by atoms with Crippen molar-refractivity contribution >= 4 is 27.6 Å². The summed E-state index contributed by atoms with van der Waals surface area (Å²) in [6.45, 7) is 0. The van der Waals surface area contributed by atoms with E-state index in [4.69, 9.17) is 16.7 Å². The summed E-state index contributed by atoms with van der Waals surface area (Å²) in [5.41, 5.74) is 1.05. The van der Waals surface area contributed by atoms with Crippen LogP contribution in [-0.2, 0) is 10.0 Å². The lowest BCUT2D eigenvalue weighted by atomic mass is 10.1. The van der Waals surface area contributed by atoms with Crippen LogP contribution >= 0.6 is 11.6 Å². The van der Waals surface area contributed by atoms with E-state index in [1.165, 1.54) is 24.5 Å². The van der Waals surface area contributed by atoms with Gasteiger partial charge in [0, 0.05) is 10.6 Å². The van der Waals surface area contributed by atoms with E-state index in [0.717, 1.165) is 4.09 Å². The molecule has 6 nitrogen and oxygen atoms in total. The molecule has 110 valence electrons. The highest BCUT2D eigenvalue weighted by atomic mass is 35.5. The third-order valence-corrected chi connectivity index (χ3v) is 5.50. The van der Waals surface area contributed by atoms with E-state index >= 15 is 0 Å². The number of nitrogens with zero attached hydrogens (tertiary/aromatic N) is 2. The number of hydrogen-bond acceptors (Lipinski definition) is 4. The van der Waals surface area contributed by atoms with Crippen LogP contribution in [0.15, 0.2) is 30.6 Å². The number of carbonyl (C=O) groups is 1. The van der Waals surface area contributed by atoms with Crippen LogP contribution in [0.5, 0.6) is 0 Å². The van der Waals surface area contributed by atoms with E-state index in [-0.39, 0.29) is 15.8 Å². The van der Waals surface area contributed by atoms with Gasteiger partial charge in [-0.3, -0.25) is 0 Å². The van der Waals surface area contributed by atoms with Crippen molar-refractivity contribution in [3.05, 3.63) is 41.2 Å². The van der Waals surface area contributed by atoms with Gasteiger partial charge < -0.3 is 5.11 Å². The van der Waals surface area contributed by atoms with Gasteiger partial charge in [-0.15, -0.1) is 0 Å². The Kier molecular flexibility index (Phi) is 3.26. The van der Waals surface area contributed by atoms with Crippen LogP contribution in [0.3, 0.4) is 0 Å². The molecule has 0 saturated heterocycles. The number of carboxylic acids is 1. The van der Waals surface area contributed by atoms with Gasteiger partial charge in [0.25, 0.3) is 10.0 Å². The maximum atomic E-state index is 12.1. The molecule has 8 heteroatoms. The minimum atomic E-state index is -3.43. The summed E-state index contributed by atoms with van der Waals surface area (Å²) in [5.74, 6) is -1.10. The van der Waals surface area contributed by atoms with Crippen molar-refractivity contribution < 1.29 is 18.3 Å². The van der Waals surface area contributed by atoms with Crippen LogP contribution in [-0.4, -0.2) is 33.9 Å². The number of aromatic carboxylic acids is 1. The normalized spacial score (nSPS) is 15.1. The number of rotatable bonds is 4. The van der Waals surface area contributed by atoms with Crippen LogP contribution < -0.4 is 0 Å². The molecule has 1 aliphatic rings. The molecule has 0 radical (unpaired) electrons. The summed E-state index contributed by atoms with van der Waals surface area (Å²) in [7, 11) is -3.43. The molecular formula is C13H11ClN2O4S. The smallest absolute Gasteiger partial charge is 0.335 e. The molecule has 1 aromatic heterocycles. The van der Waals surface area contributed by atoms with E-state index in [1.54, 1.807) is 6.07 Å². The first-order valence-corrected chi connectivity index (χ1v) is 8.09. The fourth-order valence-corrected chi connectivity index (χ4v) is 3.70. The lowest BCUT2D eigenvalue weighted by Gasteiger charge is -2.02. The predicted octanol–water partition coefficient (Wildman–Crippen LogP) is 2.24. The second kappa shape index (κ2) is 4.85. The number of aromatic nitrogens is 2. The van der Waals surface area contributed by atoms with Gasteiger partial charge in [0.2, 0.25) is 0 Å². The molecule has 1 heterocycles. The van der Waals surface area contributed by atoms with Gasteiger partial charge in [0.15, 0.2) is 0 Å². The van der Waals surface area contributed by atoms with Crippen molar-refractivity contribution in [2.24, 2.45) is 0 Å². The van der Waals surface area contributed by atoms with Crippen LogP contribution in [0.25, 0.3) is 11.1 Å². The molecule has 1 N–H and O–H groups in total. The van der Waals surface area contributed by atoms with Crippen LogP contribution in [0.4, 0.5) is 0 Å². The third kappa shape index (κ3) is 2.66. The standard InChI is InChI=1S/C13H11ClN2O4S/c14-11-4-8(3-9(5-11)13(17)18)10-6-15-16(7-10)21(19,20)12-1-2-12/h3-7,12H,1-2H2,(H,17,18). The van der Waals surface area contributed by atoms with E-state index < -0.39 is 16.0 Å². The molecule has 1 fully saturated rings. The SMILES string of the molecule is O=C(O)c1cc(Cl)cc(-c2cnn(S(=O)(=O)C3CC3)c2)c1. The summed E-state index contributed by atoms with van der Waals surface area (Å²) in [5, 5.41) is 12.8. The first kappa shape index (κ1) is 14.1. The van der Waals surface area contributed by atoms with Crippen LogP contribution in [0.1, 0.15) is 23.2 Å². The van der Waals surface area contributed by atoms with Gasteiger partial charge >= 0.3 is 5.97 Å². The third-order valence-electron chi connectivity index (χ3n) is 3.24. The quantitative estimate of drug-likeness (QED) is 0.930. The second-order valence-electron chi connectivity index (χ2n) is 4.88. The van der Waals surface area contributed by atoms with Gasteiger partial charge in [-0.1, -0.05) is 11.6 Å². The zero-order valence-electron chi connectivity index (χ0n) is 10.7. The largest absolute Gasteiger partial charge is 0.478 e. The van der Waals surface area contributed by atoms with E-state index in [1.807, 2.05) is 0 Å².